The van der Waals surface area contributed by atoms with E-state index in [-0.39, 0.29) is 5.70 Å². The van der Waals surface area contributed by atoms with Crippen LogP contribution < -0.4 is 5.73 Å². The number of carbonyl (C=O) groups excluding carboxylic acids is 1. The van der Waals surface area contributed by atoms with Gasteiger partial charge in [-0.1, -0.05) is 12.2 Å². The Hall–Kier alpha value is -1.25. The fourth-order valence-electron chi connectivity index (χ4n) is 0.508. The number of hydrogen-bond acceptors (Lipinski definition) is 3. The average Bonchev–Trinajstić information content (AvgIpc) is 2.00. The highest BCUT2D eigenvalue weighted by Crippen LogP contribution is 1.92. The first-order chi connectivity index (χ1) is 5.22. The Balaban J connectivity index is 3.89. The van der Waals surface area contributed by atoms with Crippen LogP contribution in [0, 0.1) is 0 Å². The number of nitrogens with two attached hydrogens (primary N) is 1. The van der Waals surface area contributed by atoms with E-state index in [1.165, 1.54) is 0 Å². The topological polar surface area (TPSA) is 52.3 Å². The summed E-state index contributed by atoms with van der Waals surface area (Å²) in [6.45, 7) is 5.57. The van der Waals surface area contributed by atoms with E-state index >= 15 is 0 Å². The second kappa shape index (κ2) is 5.53. The van der Waals surface area contributed by atoms with Gasteiger partial charge in [0.1, 0.15) is 5.70 Å². The SMILES string of the molecule is C=CCC=C(N)C(=O)OCC. The summed E-state index contributed by atoms with van der Waals surface area (Å²) in [6, 6.07) is 0. The van der Waals surface area contributed by atoms with Crippen molar-refractivity contribution < 1.29 is 9.53 Å². The van der Waals surface area contributed by atoms with E-state index in [1.54, 1.807) is 19.1 Å². The first-order valence-corrected chi connectivity index (χ1v) is 3.46. The maximum absolute atomic E-state index is 10.8. The molecule has 0 saturated carbocycles. The van der Waals surface area contributed by atoms with Crippen LogP contribution >= 0.6 is 0 Å². The second-order valence-corrected chi connectivity index (χ2v) is 1.90. The van der Waals surface area contributed by atoms with Crippen LogP contribution in [-0.4, -0.2) is 12.6 Å². The molecule has 2 N–H and O–H groups in total. The van der Waals surface area contributed by atoms with E-state index in [9.17, 15) is 4.79 Å². The summed E-state index contributed by atoms with van der Waals surface area (Å²) < 4.78 is 4.63. The summed E-state index contributed by atoms with van der Waals surface area (Å²) in [6.07, 6.45) is 3.82. The third-order valence-corrected chi connectivity index (χ3v) is 1.02. The average molecular weight is 155 g/mol. The lowest BCUT2D eigenvalue weighted by atomic mass is 10.3. The van der Waals surface area contributed by atoms with Crippen molar-refractivity contribution in [3.63, 3.8) is 0 Å². The van der Waals surface area contributed by atoms with Crippen molar-refractivity contribution >= 4 is 5.97 Å². The molecule has 0 aromatic rings. The fraction of sp³-hybridized carbons (Fsp3) is 0.375. The number of carbonyl (C=O) groups is 1. The van der Waals surface area contributed by atoms with Crippen LogP contribution in [0.2, 0.25) is 0 Å². The number of allylic oxidation sites excluding steroid dienone is 2. The molecule has 0 fully saturated rings. The third-order valence-electron chi connectivity index (χ3n) is 1.02. The molecule has 0 aliphatic heterocycles. The lowest BCUT2D eigenvalue weighted by molar-refractivity contribution is -0.138. The molecular weight excluding hydrogens is 142 g/mol. The molecule has 3 heteroatoms. The number of rotatable bonds is 4. The first kappa shape index (κ1) is 9.75. The lowest BCUT2D eigenvalue weighted by Gasteiger charge is -1.99. The molecule has 0 unspecified atom stereocenters. The van der Waals surface area contributed by atoms with Gasteiger partial charge in [-0.25, -0.2) is 4.79 Å². The van der Waals surface area contributed by atoms with Gasteiger partial charge in [-0.05, 0) is 13.3 Å². The molecule has 0 aromatic heterocycles. The molecule has 0 atom stereocenters. The van der Waals surface area contributed by atoms with Crippen molar-refractivity contribution in [2.24, 2.45) is 5.73 Å². The minimum absolute atomic E-state index is 0.145. The Morgan fingerprint density at radius 2 is 2.36 bits per heavy atom. The van der Waals surface area contributed by atoms with Crippen LogP contribution in [0.25, 0.3) is 0 Å². The van der Waals surface area contributed by atoms with Gasteiger partial charge in [0.25, 0.3) is 0 Å². The molecule has 0 heterocycles. The third kappa shape index (κ3) is 4.19. The summed E-state index contributed by atoms with van der Waals surface area (Å²) in [4.78, 5) is 10.8. The number of esters is 1. The van der Waals surface area contributed by atoms with Gasteiger partial charge in [-0.3, -0.25) is 0 Å². The number of hydrogen-bond donors (Lipinski definition) is 1. The molecule has 3 nitrogen and oxygen atoms in total. The molecule has 62 valence electrons. The minimum Gasteiger partial charge on any atom is -0.461 e. The molecule has 0 amide bonds. The summed E-state index contributed by atoms with van der Waals surface area (Å²) in [5.74, 6) is -0.464. The van der Waals surface area contributed by atoms with E-state index in [2.05, 4.69) is 11.3 Å². The Morgan fingerprint density at radius 1 is 1.73 bits per heavy atom. The van der Waals surface area contributed by atoms with Crippen molar-refractivity contribution in [3.8, 4) is 0 Å². The zero-order chi connectivity index (χ0) is 8.69. The van der Waals surface area contributed by atoms with Crippen molar-refractivity contribution in [2.75, 3.05) is 6.61 Å². The van der Waals surface area contributed by atoms with Crippen molar-refractivity contribution in [2.45, 2.75) is 13.3 Å². The molecule has 0 radical (unpaired) electrons. The minimum atomic E-state index is -0.464. The van der Waals surface area contributed by atoms with Gasteiger partial charge in [-0.15, -0.1) is 6.58 Å². The summed E-state index contributed by atoms with van der Waals surface area (Å²) in [5.41, 5.74) is 5.47. The van der Waals surface area contributed by atoms with Gasteiger partial charge < -0.3 is 10.5 Å². The van der Waals surface area contributed by atoms with Gasteiger partial charge >= 0.3 is 5.97 Å². The second-order valence-electron chi connectivity index (χ2n) is 1.90. The van der Waals surface area contributed by atoms with Crippen LogP contribution in [0.5, 0.6) is 0 Å². The zero-order valence-electron chi connectivity index (χ0n) is 6.67. The van der Waals surface area contributed by atoms with E-state index in [1.807, 2.05) is 0 Å². The van der Waals surface area contributed by atoms with Gasteiger partial charge in [0.05, 0.1) is 6.61 Å². The van der Waals surface area contributed by atoms with Gasteiger partial charge in [-0.2, -0.15) is 0 Å². The fourth-order valence-corrected chi connectivity index (χ4v) is 0.508. The monoisotopic (exact) mass is 155 g/mol. The predicted molar refractivity (Wildman–Crippen MR) is 43.7 cm³/mol. The normalized spacial score (nSPS) is 10.8. The van der Waals surface area contributed by atoms with Crippen molar-refractivity contribution in [1.29, 1.82) is 0 Å². The Bertz CT molecular complexity index is 173. The van der Waals surface area contributed by atoms with Gasteiger partial charge in [0.2, 0.25) is 0 Å². The van der Waals surface area contributed by atoms with Crippen molar-refractivity contribution in [1.82, 2.24) is 0 Å². The first-order valence-electron chi connectivity index (χ1n) is 3.46. The van der Waals surface area contributed by atoms with E-state index in [4.69, 9.17) is 5.73 Å². The Kier molecular flexibility index (Phi) is 4.90. The quantitative estimate of drug-likeness (QED) is 0.374. The molecule has 0 aliphatic rings. The smallest absolute Gasteiger partial charge is 0.353 e. The summed E-state index contributed by atoms with van der Waals surface area (Å²) in [5, 5.41) is 0. The van der Waals surface area contributed by atoms with Crippen molar-refractivity contribution in [3.05, 3.63) is 24.4 Å². The van der Waals surface area contributed by atoms with E-state index in [0.717, 1.165) is 0 Å². The lowest BCUT2D eigenvalue weighted by Crippen LogP contribution is -2.14. The molecular formula is C8H13NO2. The number of ether oxygens (including phenoxy) is 1. The highest BCUT2D eigenvalue weighted by molar-refractivity contribution is 5.87. The van der Waals surface area contributed by atoms with Gasteiger partial charge in [0, 0.05) is 0 Å². The van der Waals surface area contributed by atoms with Crippen LogP contribution in [0.3, 0.4) is 0 Å². The predicted octanol–water partition coefficient (Wildman–Crippen LogP) is 0.968. The molecule has 0 aromatic carbocycles. The highest BCUT2D eigenvalue weighted by Gasteiger charge is 2.02. The summed E-state index contributed by atoms with van der Waals surface area (Å²) >= 11 is 0. The van der Waals surface area contributed by atoms with E-state index < -0.39 is 5.97 Å². The maximum atomic E-state index is 10.8. The molecule has 0 aliphatic carbocycles. The van der Waals surface area contributed by atoms with Crippen LogP contribution in [0.4, 0.5) is 0 Å². The Morgan fingerprint density at radius 3 is 2.82 bits per heavy atom. The van der Waals surface area contributed by atoms with Crippen LogP contribution in [0.15, 0.2) is 24.4 Å². The zero-order valence-corrected chi connectivity index (χ0v) is 6.67. The van der Waals surface area contributed by atoms with Gasteiger partial charge in [0.15, 0.2) is 0 Å². The molecule has 0 rings (SSSR count). The van der Waals surface area contributed by atoms with Crippen LogP contribution in [-0.2, 0) is 9.53 Å². The van der Waals surface area contributed by atoms with Crippen LogP contribution in [0.1, 0.15) is 13.3 Å². The maximum Gasteiger partial charge on any atom is 0.353 e. The standard InChI is InChI=1S/C8H13NO2/c1-3-5-6-7(9)8(10)11-4-2/h3,6H,1,4-5,9H2,2H3. The Labute approximate surface area is 66.5 Å². The highest BCUT2D eigenvalue weighted by atomic mass is 16.5. The molecule has 11 heavy (non-hydrogen) atoms. The molecule has 0 bridgehead atoms. The molecule has 0 spiro atoms. The summed E-state index contributed by atoms with van der Waals surface area (Å²) in [7, 11) is 0. The van der Waals surface area contributed by atoms with E-state index in [0.29, 0.717) is 13.0 Å². The largest absolute Gasteiger partial charge is 0.461 e. The molecule has 0 saturated heterocycles.